The number of rotatable bonds is 5. The zero-order valence-electron chi connectivity index (χ0n) is 6.06. The smallest absolute Gasteiger partial charge is 0.264 e. The van der Waals surface area contributed by atoms with Crippen LogP contribution in [-0.4, -0.2) is 31.9 Å². The van der Waals surface area contributed by atoms with Crippen molar-refractivity contribution in [2.75, 3.05) is 18.9 Å². The highest BCUT2D eigenvalue weighted by Crippen LogP contribution is 2.17. The zero-order valence-corrected chi connectivity index (χ0v) is 7.77. The monoisotopic (exact) mass is 201 g/mol. The Bertz CT molecular complexity index is 221. The summed E-state index contributed by atoms with van der Waals surface area (Å²) in [6, 6.07) is 0. The van der Waals surface area contributed by atoms with Gasteiger partial charge in [-0.1, -0.05) is 4.57 Å². The molecule has 7 heteroatoms. The van der Waals surface area contributed by atoms with Gasteiger partial charge in [0.15, 0.2) is 6.16 Å². The Hall–Kier alpha value is -0.0300. The molecule has 0 aliphatic rings. The predicted molar refractivity (Wildman–Crippen MR) is 40.5 cm³/mol. The van der Waals surface area contributed by atoms with Crippen LogP contribution in [0.2, 0.25) is 0 Å². The molecular weight excluding hydrogens is 191 g/mol. The molecule has 0 aliphatic carbocycles. The SMILES string of the molecule is CC[P+](=O)CCOS(=O)(=O)O. The Kier molecular flexibility index (Phi) is 4.76. The lowest BCUT2D eigenvalue weighted by molar-refractivity contribution is 0.284. The first-order chi connectivity index (χ1) is 4.95. The van der Waals surface area contributed by atoms with Gasteiger partial charge >= 0.3 is 18.2 Å². The van der Waals surface area contributed by atoms with E-state index < -0.39 is 18.2 Å². The van der Waals surface area contributed by atoms with Gasteiger partial charge in [-0.2, -0.15) is 8.42 Å². The second-order valence-electron chi connectivity index (χ2n) is 1.77. The molecule has 0 fully saturated rings. The highest BCUT2D eigenvalue weighted by atomic mass is 32.3. The van der Waals surface area contributed by atoms with Crippen LogP contribution in [0, 0.1) is 0 Å². The van der Waals surface area contributed by atoms with E-state index >= 15 is 0 Å². The first-order valence-corrected chi connectivity index (χ1v) is 5.99. The van der Waals surface area contributed by atoms with Crippen LogP contribution in [0.3, 0.4) is 0 Å². The second kappa shape index (κ2) is 4.77. The van der Waals surface area contributed by atoms with Crippen molar-refractivity contribution in [2.45, 2.75) is 6.92 Å². The number of hydrogen-bond acceptors (Lipinski definition) is 4. The van der Waals surface area contributed by atoms with E-state index in [0.29, 0.717) is 6.16 Å². The summed E-state index contributed by atoms with van der Waals surface area (Å²) < 4.78 is 42.6. The average Bonchev–Trinajstić information content (AvgIpc) is 1.85. The van der Waals surface area contributed by atoms with Crippen molar-refractivity contribution in [2.24, 2.45) is 0 Å². The van der Waals surface area contributed by atoms with Gasteiger partial charge in [0.05, 0.1) is 0 Å². The second-order valence-corrected chi connectivity index (χ2v) is 4.91. The summed E-state index contributed by atoms with van der Waals surface area (Å²) in [7, 11) is -5.74. The molecule has 0 aliphatic heterocycles. The van der Waals surface area contributed by atoms with Crippen molar-refractivity contribution >= 4 is 18.2 Å². The lowest BCUT2D eigenvalue weighted by atomic mass is 10.9. The van der Waals surface area contributed by atoms with Crippen molar-refractivity contribution in [1.82, 2.24) is 0 Å². The third kappa shape index (κ3) is 7.87. The summed E-state index contributed by atoms with van der Waals surface area (Å²) in [4.78, 5) is 0. The van der Waals surface area contributed by atoms with Gasteiger partial charge in [-0.05, 0) is 6.92 Å². The van der Waals surface area contributed by atoms with Gasteiger partial charge in [0.2, 0.25) is 0 Å². The Balaban J connectivity index is 3.51. The molecular formula is C4H10O5PS+. The van der Waals surface area contributed by atoms with E-state index in [1.807, 2.05) is 0 Å². The quantitative estimate of drug-likeness (QED) is 0.521. The highest BCUT2D eigenvalue weighted by molar-refractivity contribution is 7.80. The summed E-state index contributed by atoms with van der Waals surface area (Å²) in [6.07, 6.45) is 0.649. The minimum atomic E-state index is -4.36. The van der Waals surface area contributed by atoms with Gasteiger partial charge in [0.25, 0.3) is 0 Å². The molecule has 0 bridgehead atoms. The molecule has 0 aromatic carbocycles. The van der Waals surface area contributed by atoms with Crippen LogP contribution in [0.15, 0.2) is 0 Å². The topological polar surface area (TPSA) is 80.7 Å². The molecule has 0 rings (SSSR count). The molecule has 0 saturated carbocycles. The summed E-state index contributed by atoms with van der Waals surface area (Å²) in [5.41, 5.74) is 0. The van der Waals surface area contributed by atoms with E-state index in [1.165, 1.54) is 0 Å². The molecule has 0 spiro atoms. The molecule has 0 saturated heterocycles. The van der Waals surface area contributed by atoms with Gasteiger partial charge in [-0.15, -0.1) is 0 Å². The molecule has 1 unspecified atom stereocenters. The Morgan fingerprint density at radius 1 is 1.55 bits per heavy atom. The van der Waals surface area contributed by atoms with Crippen molar-refractivity contribution in [3.8, 4) is 0 Å². The standard InChI is InChI=1S/C4H9O5PS/c1-2-10(5)4-3-9-11(6,7)8/h2-4H2,1H3/p+1. The van der Waals surface area contributed by atoms with Crippen molar-refractivity contribution in [1.29, 1.82) is 0 Å². The molecule has 0 radical (unpaired) electrons. The summed E-state index contributed by atoms with van der Waals surface area (Å²) in [5.74, 6) is 0. The van der Waals surface area contributed by atoms with E-state index in [4.69, 9.17) is 4.55 Å². The minimum Gasteiger partial charge on any atom is -0.264 e. The third-order valence-electron chi connectivity index (χ3n) is 0.926. The maximum atomic E-state index is 10.7. The van der Waals surface area contributed by atoms with Gasteiger partial charge in [-0.3, -0.25) is 4.55 Å². The predicted octanol–water partition coefficient (Wildman–Crippen LogP) is 0.653. The highest BCUT2D eigenvalue weighted by Gasteiger charge is 2.13. The fourth-order valence-electron chi connectivity index (χ4n) is 0.403. The van der Waals surface area contributed by atoms with Gasteiger partial charge in [-0.25, -0.2) is 4.18 Å². The summed E-state index contributed by atoms with van der Waals surface area (Å²) >= 11 is 0. The molecule has 5 nitrogen and oxygen atoms in total. The molecule has 0 aromatic heterocycles. The zero-order chi connectivity index (χ0) is 8.91. The Morgan fingerprint density at radius 3 is 2.45 bits per heavy atom. The summed E-state index contributed by atoms with van der Waals surface area (Å²) in [5, 5.41) is 0. The minimum absolute atomic E-state index is 0.158. The van der Waals surface area contributed by atoms with Crippen molar-refractivity contribution in [3.63, 3.8) is 0 Å². The summed E-state index contributed by atoms with van der Waals surface area (Å²) in [6.45, 7) is 1.51. The van der Waals surface area contributed by atoms with Crippen LogP contribution in [-0.2, 0) is 19.1 Å². The van der Waals surface area contributed by atoms with Gasteiger partial charge in [0.1, 0.15) is 12.8 Å². The van der Waals surface area contributed by atoms with Crippen LogP contribution in [0.4, 0.5) is 0 Å². The van der Waals surface area contributed by atoms with E-state index in [0.717, 1.165) is 0 Å². The van der Waals surface area contributed by atoms with Gasteiger partial charge in [0, 0.05) is 0 Å². The average molecular weight is 201 g/mol. The first kappa shape index (κ1) is 11.0. The van der Waals surface area contributed by atoms with Crippen LogP contribution in [0.25, 0.3) is 0 Å². The molecule has 1 N–H and O–H groups in total. The molecule has 0 aromatic rings. The Labute approximate surface area is 66.5 Å². The van der Waals surface area contributed by atoms with Crippen LogP contribution in [0.5, 0.6) is 0 Å². The lowest BCUT2D eigenvalue weighted by Gasteiger charge is -1.91. The van der Waals surface area contributed by atoms with E-state index in [2.05, 4.69) is 4.18 Å². The largest absolute Gasteiger partial charge is 0.397 e. The van der Waals surface area contributed by atoms with Crippen molar-refractivity contribution < 1.29 is 21.7 Å². The van der Waals surface area contributed by atoms with Gasteiger partial charge < -0.3 is 0 Å². The molecule has 0 heterocycles. The van der Waals surface area contributed by atoms with E-state index in [1.54, 1.807) is 6.92 Å². The maximum Gasteiger partial charge on any atom is 0.397 e. The van der Waals surface area contributed by atoms with Crippen LogP contribution in [0.1, 0.15) is 6.92 Å². The third-order valence-corrected chi connectivity index (χ3v) is 2.78. The van der Waals surface area contributed by atoms with E-state index in [9.17, 15) is 13.0 Å². The molecule has 11 heavy (non-hydrogen) atoms. The normalized spacial score (nSPS) is 13.1. The maximum absolute atomic E-state index is 10.7. The fraction of sp³-hybridized carbons (Fsp3) is 1.00. The molecule has 0 amide bonds. The van der Waals surface area contributed by atoms with E-state index in [-0.39, 0.29) is 12.8 Å². The van der Waals surface area contributed by atoms with Crippen LogP contribution >= 0.6 is 7.80 Å². The van der Waals surface area contributed by atoms with Crippen LogP contribution < -0.4 is 0 Å². The fourth-order valence-corrected chi connectivity index (χ4v) is 1.43. The van der Waals surface area contributed by atoms with Crippen molar-refractivity contribution in [3.05, 3.63) is 0 Å². The Morgan fingerprint density at radius 2 is 2.09 bits per heavy atom. The lowest BCUT2D eigenvalue weighted by Crippen LogP contribution is -2.06. The molecule has 66 valence electrons. The first-order valence-electron chi connectivity index (χ1n) is 2.99. The number of hydrogen-bond donors (Lipinski definition) is 1. The molecule has 1 atom stereocenters.